The van der Waals surface area contributed by atoms with E-state index < -0.39 is 21.9 Å². The number of H-pyrrole nitrogens is 1. The summed E-state index contributed by atoms with van der Waals surface area (Å²) in [5.74, 6) is -0.200. The molecule has 28 heavy (non-hydrogen) atoms. The van der Waals surface area contributed by atoms with Gasteiger partial charge in [-0.3, -0.25) is 4.79 Å². The van der Waals surface area contributed by atoms with Gasteiger partial charge in [0.2, 0.25) is 15.9 Å². The summed E-state index contributed by atoms with van der Waals surface area (Å²) in [4.78, 5) is 21.6. The Kier molecular flexibility index (Phi) is 6.11. The molecule has 0 bridgehead atoms. The number of aliphatic hydroxyl groups excluding tert-OH is 1. The molecule has 0 radical (unpaired) electrons. The lowest BCUT2D eigenvalue weighted by Gasteiger charge is -2.29. The first-order valence-electron chi connectivity index (χ1n) is 9.00. The van der Waals surface area contributed by atoms with Crippen molar-refractivity contribution in [3.63, 3.8) is 0 Å². The van der Waals surface area contributed by atoms with Crippen molar-refractivity contribution in [2.45, 2.75) is 37.2 Å². The summed E-state index contributed by atoms with van der Waals surface area (Å²) in [6.45, 7) is 2.04. The third-order valence-electron chi connectivity index (χ3n) is 4.71. The molecule has 2 aromatic rings. The number of rotatable bonds is 7. The van der Waals surface area contributed by atoms with Gasteiger partial charge in [-0.15, -0.1) is 0 Å². The number of nitrogens with zero attached hydrogens (tertiary/aromatic N) is 3. The second kappa shape index (κ2) is 8.38. The highest BCUT2D eigenvalue weighted by Crippen LogP contribution is 2.27. The summed E-state index contributed by atoms with van der Waals surface area (Å²) < 4.78 is 40.3. The minimum Gasteiger partial charge on any atom is -0.395 e. The van der Waals surface area contributed by atoms with Gasteiger partial charge in [-0.1, -0.05) is 0 Å². The number of hydrogen-bond acceptors (Lipinski definition) is 5. The molecule has 1 fully saturated rings. The van der Waals surface area contributed by atoms with Crippen LogP contribution in [0, 0.1) is 12.7 Å². The predicted octanol–water partition coefficient (Wildman–Crippen LogP) is 1.03. The lowest BCUT2D eigenvalue weighted by molar-refractivity contribution is -0.135. The fourth-order valence-electron chi connectivity index (χ4n) is 3.37. The Hall–Kier alpha value is -2.30. The van der Waals surface area contributed by atoms with Crippen molar-refractivity contribution < 1.29 is 22.7 Å². The number of sulfonamides is 1. The molecule has 0 aliphatic carbocycles. The normalized spacial score (nSPS) is 17.8. The molecular formula is C18H23FN4O4S. The first-order chi connectivity index (χ1) is 13.3. The number of halogens is 1. The van der Waals surface area contributed by atoms with Crippen LogP contribution in [0.3, 0.4) is 0 Å². The maximum atomic E-state index is 13.2. The van der Waals surface area contributed by atoms with E-state index in [0.29, 0.717) is 24.4 Å². The highest BCUT2D eigenvalue weighted by atomic mass is 32.2. The zero-order valence-corrected chi connectivity index (χ0v) is 16.3. The maximum Gasteiger partial charge on any atom is 0.243 e. The van der Waals surface area contributed by atoms with Gasteiger partial charge in [-0.2, -0.15) is 4.31 Å². The average Bonchev–Trinajstić information content (AvgIpc) is 3.30. The van der Waals surface area contributed by atoms with Gasteiger partial charge in [-0.05, 0) is 44.0 Å². The number of carbonyl (C=O) groups excluding carboxylic acids is 1. The number of amides is 1. The fraction of sp³-hybridized carbons (Fsp3) is 0.444. The quantitative estimate of drug-likeness (QED) is 0.709. The summed E-state index contributed by atoms with van der Waals surface area (Å²) in [5, 5.41) is 9.35. The topological polar surface area (TPSA) is 107 Å². The summed E-state index contributed by atoms with van der Waals surface area (Å²) in [6.07, 6.45) is 2.55. The number of aliphatic hydroxyl groups is 1. The fourth-order valence-corrected chi connectivity index (χ4v) is 5.02. The second-order valence-electron chi connectivity index (χ2n) is 6.70. The molecule has 1 atom stereocenters. The van der Waals surface area contributed by atoms with E-state index in [1.54, 1.807) is 13.1 Å². The van der Waals surface area contributed by atoms with Gasteiger partial charge >= 0.3 is 0 Å². The second-order valence-corrected chi connectivity index (χ2v) is 8.60. The SMILES string of the molecule is Cc1ncc(CN(CCO)C(=O)C2CCCN2S(=O)(=O)c2ccc(F)cc2)[nH]1. The van der Waals surface area contributed by atoms with Gasteiger partial charge in [0.15, 0.2) is 0 Å². The van der Waals surface area contributed by atoms with E-state index in [4.69, 9.17) is 0 Å². The van der Waals surface area contributed by atoms with E-state index in [1.807, 2.05) is 0 Å². The molecule has 0 saturated carbocycles. The van der Waals surface area contributed by atoms with Gasteiger partial charge in [0.05, 0.1) is 29.9 Å². The number of hydrogen-bond donors (Lipinski definition) is 2. The van der Waals surface area contributed by atoms with Gasteiger partial charge in [0.1, 0.15) is 17.7 Å². The molecule has 2 heterocycles. The third kappa shape index (κ3) is 4.23. The number of benzene rings is 1. The van der Waals surface area contributed by atoms with Crippen LogP contribution in [-0.4, -0.2) is 64.3 Å². The van der Waals surface area contributed by atoms with Crippen molar-refractivity contribution >= 4 is 15.9 Å². The molecule has 1 amide bonds. The number of nitrogens with one attached hydrogen (secondary N) is 1. The average molecular weight is 410 g/mol. The summed E-state index contributed by atoms with van der Waals surface area (Å²) >= 11 is 0. The Morgan fingerprint density at radius 3 is 2.71 bits per heavy atom. The van der Waals surface area contributed by atoms with E-state index in [-0.39, 0.29) is 37.0 Å². The Balaban J connectivity index is 1.83. The smallest absolute Gasteiger partial charge is 0.243 e. The van der Waals surface area contributed by atoms with Crippen LogP contribution in [0.25, 0.3) is 0 Å². The largest absolute Gasteiger partial charge is 0.395 e. The molecule has 1 aliphatic rings. The van der Waals surface area contributed by atoms with Gasteiger partial charge in [0, 0.05) is 13.1 Å². The van der Waals surface area contributed by atoms with Gasteiger partial charge in [-0.25, -0.2) is 17.8 Å². The maximum absolute atomic E-state index is 13.2. The monoisotopic (exact) mass is 410 g/mol. The molecule has 0 spiro atoms. The van der Waals surface area contributed by atoms with Gasteiger partial charge in [0.25, 0.3) is 0 Å². The highest BCUT2D eigenvalue weighted by Gasteiger charge is 2.41. The molecule has 10 heteroatoms. The van der Waals surface area contributed by atoms with Crippen LogP contribution in [0.4, 0.5) is 4.39 Å². The van der Waals surface area contributed by atoms with E-state index in [0.717, 1.165) is 12.1 Å². The van der Waals surface area contributed by atoms with Crippen LogP contribution in [0.2, 0.25) is 0 Å². The number of carbonyl (C=O) groups is 1. The minimum atomic E-state index is -3.93. The molecular weight excluding hydrogens is 387 g/mol. The Labute approximate surface area is 163 Å². The Morgan fingerprint density at radius 2 is 2.11 bits per heavy atom. The Bertz CT molecular complexity index is 929. The van der Waals surface area contributed by atoms with E-state index in [1.165, 1.54) is 21.3 Å². The molecule has 3 rings (SSSR count). The Morgan fingerprint density at radius 1 is 1.39 bits per heavy atom. The highest BCUT2D eigenvalue weighted by molar-refractivity contribution is 7.89. The van der Waals surface area contributed by atoms with Crippen LogP contribution < -0.4 is 0 Å². The number of aryl methyl sites for hydroxylation is 1. The van der Waals surface area contributed by atoms with Crippen molar-refractivity contribution in [2.24, 2.45) is 0 Å². The minimum absolute atomic E-state index is 0.0495. The molecule has 1 aliphatic heterocycles. The van der Waals surface area contributed by atoms with Crippen molar-refractivity contribution in [3.8, 4) is 0 Å². The zero-order valence-electron chi connectivity index (χ0n) is 15.5. The molecule has 1 unspecified atom stereocenters. The molecule has 152 valence electrons. The molecule has 1 aromatic carbocycles. The van der Waals surface area contributed by atoms with Crippen molar-refractivity contribution in [1.82, 2.24) is 19.2 Å². The predicted molar refractivity (Wildman–Crippen MR) is 99.1 cm³/mol. The molecule has 1 saturated heterocycles. The molecule has 8 nitrogen and oxygen atoms in total. The van der Waals surface area contributed by atoms with Crippen molar-refractivity contribution in [1.29, 1.82) is 0 Å². The number of aromatic amines is 1. The van der Waals surface area contributed by atoms with Crippen LogP contribution in [-0.2, 0) is 21.4 Å². The first kappa shape index (κ1) is 20.4. The summed E-state index contributed by atoms with van der Waals surface area (Å²) in [7, 11) is -3.93. The van der Waals surface area contributed by atoms with Gasteiger partial charge < -0.3 is 15.0 Å². The number of aromatic nitrogens is 2. The molecule has 2 N–H and O–H groups in total. The van der Waals surface area contributed by atoms with E-state index in [9.17, 15) is 22.7 Å². The van der Waals surface area contributed by atoms with Crippen molar-refractivity contribution in [3.05, 3.63) is 47.8 Å². The molecule has 1 aromatic heterocycles. The van der Waals surface area contributed by atoms with E-state index >= 15 is 0 Å². The zero-order chi connectivity index (χ0) is 20.3. The summed E-state index contributed by atoms with van der Waals surface area (Å²) in [6, 6.07) is 3.70. The van der Waals surface area contributed by atoms with Crippen molar-refractivity contribution in [2.75, 3.05) is 19.7 Å². The lowest BCUT2D eigenvalue weighted by atomic mass is 10.2. The standard InChI is InChI=1S/C18H23FN4O4S/c1-13-20-11-15(21-13)12-22(9-10-24)18(25)17-3-2-8-23(17)28(26,27)16-6-4-14(19)5-7-16/h4-7,11,17,24H,2-3,8-10,12H2,1H3,(H,20,21). The van der Waals surface area contributed by atoms with Crippen LogP contribution >= 0.6 is 0 Å². The van der Waals surface area contributed by atoms with Crippen LogP contribution in [0.5, 0.6) is 0 Å². The third-order valence-corrected chi connectivity index (χ3v) is 6.63. The van der Waals surface area contributed by atoms with E-state index in [2.05, 4.69) is 9.97 Å². The number of imidazole rings is 1. The van der Waals surface area contributed by atoms with Crippen LogP contribution in [0.1, 0.15) is 24.4 Å². The lowest BCUT2D eigenvalue weighted by Crippen LogP contribution is -2.48. The first-order valence-corrected chi connectivity index (χ1v) is 10.4. The summed E-state index contributed by atoms with van der Waals surface area (Å²) in [5.41, 5.74) is 0.699. The van der Waals surface area contributed by atoms with Crippen LogP contribution in [0.15, 0.2) is 35.4 Å².